The van der Waals surface area contributed by atoms with Crippen molar-refractivity contribution in [3.63, 3.8) is 0 Å². The molecule has 0 aromatic heterocycles. The molecule has 1 N–H and O–H groups in total. The first kappa shape index (κ1) is 9.96. The molecule has 0 saturated carbocycles. The molecule has 2 atom stereocenters. The van der Waals surface area contributed by atoms with Gasteiger partial charge in [-0.05, 0) is 18.3 Å². The molecule has 0 aromatic carbocycles. The normalized spacial score (nSPS) is 17.4. The van der Waals surface area contributed by atoms with Crippen molar-refractivity contribution in [3.05, 3.63) is 0 Å². The molecule has 0 saturated heterocycles. The van der Waals surface area contributed by atoms with Gasteiger partial charge in [-0.3, -0.25) is 0 Å². The highest BCUT2D eigenvalue weighted by molar-refractivity contribution is 4.66. The van der Waals surface area contributed by atoms with Gasteiger partial charge in [0.1, 0.15) is 0 Å². The number of hydrogen-bond acceptors (Lipinski definition) is 1. The lowest BCUT2D eigenvalue weighted by Crippen LogP contribution is -2.21. The molecular formula is C9H20O. The molecule has 10 heavy (non-hydrogen) atoms. The predicted octanol–water partition coefficient (Wildman–Crippen LogP) is 2.44. The molecule has 0 spiro atoms. The summed E-state index contributed by atoms with van der Waals surface area (Å²) in [7, 11) is 0. The van der Waals surface area contributed by atoms with Gasteiger partial charge in [-0.25, -0.2) is 0 Å². The number of rotatable bonds is 4. The second-order valence-corrected chi connectivity index (χ2v) is 3.46. The van der Waals surface area contributed by atoms with Crippen molar-refractivity contribution in [2.24, 2.45) is 11.8 Å². The minimum atomic E-state index is -0.0926. The monoisotopic (exact) mass is 144 g/mol. The summed E-state index contributed by atoms with van der Waals surface area (Å²) in [6.45, 7) is 8.54. The molecule has 0 heterocycles. The minimum Gasteiger partial charge on any atom is -0.393 e. The van der Waals surface area contributed by atoms with Gasteiger partial charge >= 0.3 is 0 Å². The highest BCUT2D eigenvalue weighted by atomic mass is 16.3. The molecule has 62 valence electrons. The summed E-state index contributed by atoms with van der Waals surface area (Å²) in [5.41, 5.74) is 0. The SMILES string of the molecule is CCC[C@H](O)[C@@H](C)C(C)C. The van der Waals surface area contributed by atoms with Crippen LogP contribution in [0.4, 0.5) is 0 Å². The highest BCUT2D eigenvalue weighted by Crippen LogP contribution is 2.17. The summed E-state index contributed by atoms with van der Waals surface area (Å²) in [6, 6.07) is 0. The van der Waals surface area contributed by atoms with Gasteiger partial charge in [0, 0.05) is 0 Å². The van der Waals surface area contributed by atoms with Crippen LogP contribution in [0, 0.1) is 11.8 Å². The van der Waals surface area contributed by atoms with E-state index in [1.165, 1.54) is 0 Å². The Kier molecular flexibility index (Phi) is 4.71. The van der Waals surface area contributed by atoms with Crippen LogP contribution in [0.3, 0.4) is 0 Å². The van der Waals surface area contributed by atoms with Crippen LogP contribution in [-0.4, -0.2) is 11.2 Å². The first-order valence-corrected chi connectivity index (χ1v) is 4.27. The van der Waals surface area contributed by atoms with Crippen LogP contribution in [0.2, 0.25) is 0 Å². The second kappa shape index (κ2) is 4.73. The Balaban J connectivity index is 3.58. The van der Waals surface area contributed by atoms with E-state index in [0.717, 1.165) is 12.8 Å². The molecule has 0 aliphatic rings. The van der Waals surface area contributed by atoms with Crippen molar-refractivity contribution in [2.45, 2.75) is 46.6 Å². The van der Waals surface area contributed by atoms with Crippen LogP contribution in [0.25, 0.3) is 0 Å². The Morgan fingerprint density at radius 3 is 2.00 bits per heavy atom. The molecule has 0 aromatic rings. The van der Waals surface area contributed by atoms with E-state index in [2.05, 4.69) is 27.7 Å². The van der Waals surface area contributed by atoms with Crippen LogP contribution in [0.15, 0.2) is 0 Å². The Hall–Kier alpha value is -0.0400. The zero-order valence-corrected chi connectivity index (χ0v) is 7.59. The molecule has 0 aliphatic heterocycles. The zero-order valence-electron chi connectivity index (χ0n) is 7.59. The van der Waals surface area contributed by atoms with Gasteiger partial charge in [0.05, 0.1) is 6.10 Å². The smallest absolute Gasteiger partial charge is 0.0568 e. The van der Waals surface area contributed by atoms with Gasteiger partial charge in [-0.2, -0.15) is 0 Å². The van der Waals surface area contributed by atoms with Crippen molar-refractivity contribution in [2.75, 3.05) is 0 Å². The van der Waals surface area contributed by atoms with Gasteiger partial charge in [-0.15, -0.1) is 0 Å². The molecule has 0 rings (SSSR count). The Labute approximate surface area is 64.5 Å². The second-order valence-electron chi connectivity index (χ2n) is 3.46. The lowest BCUT2D eigenvalue weighted by molar-refractivity contribution is 0.0832. The third-order valence-electron chi connectivity index (χ3n) is 2.24. The third kappa shape index (κ3) is 3.21. The Morgan fingerprint density at radius 1 is 1.20 bits per heavy atom. The van der Waals surface area contributed by atoms with Gasteiger partial charge in [-0.1, -0.05) is 34.1 Å². The Bertz CT molecular complexity index is 78.8. The van der Waals surface area contributed by atoms with Gasteiger partial charge in [0.2, 0.25) is 0 Å². The zero-order chi connectivity index (χ0) is 8.15. The van der Waals surface area contributed by atoms with E-state index >= 15 is 0 Å². The van der Waals surface area contributed by atoms with E-state index in [9.17, 15) is 5.11 Å². The molecule has 0 amide bonds. The molecule has 0 unspecified atom stereocenters. The van der Waals surface area contributed by atoms with E-state index in [-0.39, 0.29) is 6.10 Å². The van der Waals surface area contributed by atoms with Crippen LogP contribution in [0.1, 0.15) is 40.5 Å². The summed E-state index contributed by atoms with van der Waals surface area (Å²) >= 11 is 0. The quantitative estimate of drug-likeness (QED) is 0.642. The van der Waals surface area contributed by atoms with Crippen molar-refractivity contribution in [1.82, 2.24) is 0 Å². The van der Waals surface area contributed by atoms with E-state index in [0.29, 0.717) is 11.8 Å². The fraction of sp³-hybridized carbons (Fsp3) is 1.00. The summed E-state index contributed by atoms with van der Waals surface area (Å²) in [5, 5.41) is 9.49. The molecule has 0 aliphatic carbocycles. The fourth-order valence-electron chi connectivity index (χ4n) is 1.00. The largest absolute Gasteiger partial charge is 0.393 e. The maximum atomic E-state index is 9.49. The van der Waals surface area contributed by atoms with Gasteiger partial charge in [0.15, 0.2) is 0 Å². The number of aliphatic hydroxyl groups excluding tert-OH is 1. The summed E-state index contributed by atoms with van der Waals surface area (Å²) in [6.07, 6.45) is 1.93. The van der Waals surface area contributed by atoms with Crippen molar-refractivity contribution in [1.29, 1.82) is 0 Å². The molecule has 0 bridgehead atoms. The maximum absolute atomic E-state index is 9.49. The highest BCUT2D eigenvalue weighted by Gasteiger charge is 2.15. The van der Waals surface area contributed by atoms with Crippen molar-refractivity contribution in [3.8, 4) is 0 Å². The molecule has 1 nitrogen and oxygen atoms in total. The van der Waals surface area contributed by atoms with Gasteiger partial charge in [0.25, 0.3) is 0 Å². The minimum absolute atomic E-state index is 0.0926. The summed E-state index contributed by atoms with van der Waals surface area (Å²) < 4.78 is 0. The first-order chi connectivity index (χ1) is 4.59. The van der Waals surface area contributed by atoms with Crippen LogP contribution >= 0.6 is 0 Å². The predicted molar refractivity (Wildman–Crippen MR) is 44.9 cm³/mol. The van der Waals surface area contributed by atoms with E-state index in [1.807, 2.05) is 0 Å². The Morgan fingerprint density at radius 2 is 1.70 bits per heavy atom. The van der Waals surface area contributed by atoms with Crippen molar-refractivity contribution < 1.29 is 5.11 Å². The molecule has 1 heteroatoms. The van der Waals surface area contributed by atoms with E-state index in [4.69, 9.17) is 0 Å². The maximum Gasteiger partial charge on any atom is 0.0568 e. The summed E-state index contributed by atoms with van der Waals surface area (Å²) in [4.78, 5) is 0. The lowest BCUT2D eigenvalue weighted by atomic mass is 9.90. The van der Waals surface area contributed by atoms with E-state index < -0.39 is 0 Å². The average Bonchev–Trinajstić information content (AvgIpc) is 1.87. The van der Waals surface area contributed by atoms with Crippen LogP contribution < -0.4 is 0 Å². The molecular weight excluding hydrogens is 124 g/mol. The van der Waals surface area contributed by atoms with Crippen LogP contribution in [-0.2, 0) is 0 Å². The summed E-state index contributed by atoms with van der Waals surface area (Å²) in [5.74, 6) is 1.04. The first-order valence-electron chi connectivity index (χ1n) is 4.27. The standard InChI is InChI=1S/C9H20O/c1-5-6-9(10)8(4)7(2)3/h7-10H,5-6H2,1-4H3/t8-,9-/m0/s1. The number of hydrogen-bond donors (Lipinski definition) is 1. The average molecular weight is 144 g/mol. The molecule has 0 fully saturated rings. The topological polar surface area (TPSA) is 20.2 Å². The van der Waals surface area contributed by atoms with Gasteiger partial charge < -0.3 is 5.11 Å². The lowest BCUT2D eigenvalue weighted by Gasteiger charge is -2.21. The van der Waals surface area contributed by atoms with Crippen molar-refractivity contribution >= 4 is 0 Å². The van der Waals surface area contributed by atoms with E-state index in [1.54, 1.807) is 0 Å². The fourth-order valence-corrected chi connectivity index (χ4v) is 1.00. The molecule has 0 radical (unpaired) electrons. The van der Waals surface area contributed by atoms with Crippen LogP contribution in [0.5, 0.6) is 0 Å². The number of aliphatic hydroxyl groups is 1. The third-order valence-corrected chi connectivity index (χ3v) is 2.24.